The van der Waals surface area contributed by atoms with Gasteiger partial charge in [-0.2, -0.15) is 0 Å². The van der Waals surface area contributed by atoms with Crippen LogP contribution in [0.1, 0.15) is 17.2 Å². The minimum Gasteiger partial charge on any atom is -0.406 e. The molecule has 2 aromatic carbocycles. The Hall–Kier alpha value is -2.49. The minimum atomic E-state index is -4.96. The lowest BCUT2D eigenvalue weighted by Crippen LogP contribution is -2.19. The SMILES string of the molecule is N[C@H](c1ccc(OC(F)(F)F)cc1)c1cc(OC(F)(F)F)ccc1F. The highest BCUT2D eigenvalue weighted by Gasteiger charge is 2.32. The molecule has 2 aromatic rings. The van der Waals surface area contributed by atoms with Crippen molar-refractivity contribution in [1.29, 1.82) is 0 Å². The number of hydrogen-bond donors (Lipinski definition) is 1. The van der Waals surface area contributed by atoms with Crippen LogP contribution in [0.4, 0.5) is 30.7 Å². The van der Waals surface area contributed by atoms with Crippen molar-refractivity contribution in [2.24, 2.45) is 5.73 Å². The summed E-state index contributed by atoms with van der Waals surface area (Å²) in [4.78, 5) is 0. The third-order valence-electron chi connectivity index (χ3n) is 3.01. The van der Waals surface area contributed by atoms with Gasteiger partial charge < -0.3 is 15.2 Å². The van der Waals surface area contributed by atoms with Crippen molar-refractivity contribution in [3.05, 3.63) is 59.4 Å². The summed E-state index contributed by atoms with van der Waals surface area (Å²) in [6.45, 7) is 0. The van der Waals surface area contributed by atoms with Crippen LogP contribution in [0.2, 0.25) is 0 Å². The van der Waals surface area contributed by atoms with Gasteiger partial charge in [-0.1, -0.05) is 12.1 Å². The van der Waals surface area contributed by atoms with Gasteiger partial charge in [-0.05, 0) is 35.9 Å². The van der Waals surface area contributed by atoms with Crippen molar-refractivity contribution >= 4 is 0 Å². The van der Waals surface area contributed by atoms with E-state index in [9.17, 15) is 30.7 Å². The van der Waals surface area contributed by atoms with Gasteiger partial charge in [0.25, 0.3) is 0 Å². The highest BCUT2D eigenvalue weighted by molar-refractivity contribution is 5.39. The Morgan fingerprint density at radius 2 is 1.24 bits per heavy atom. The Balaban J connectivity index is 2.25. The molecule has 0 saturated carbocycles. The summed E-state index contributed by atoms with van der Waals surface area (Å²) in [5, 5.41) is 0. The van der Waals surface area contributed by atoms with Crippen molar-refractivity contribution in [3.63, 3.8) is 0 Å². The molecule has 0 aromatic heterocycles. The zero-order valence-electron chi connectivity index (χ0n) is 12.2. The second-order valence-corrected chi connectivity index (χ2v) is 4.83. The summed E-state index contributed by atoms with van der Waals surface area (Å²) in [5.74, 6) is -2.08. The predicted octanol–water partition coefficient (Wildman–Crippen LogP) is 4.67. The number of rotatable bonds is 4. The molecular weight excluding hydrogens is 359 g/mol. The summed E-state index contributed by atoms with van der Waals surface area (Å²) in [6.07, 6.45) is -9.84. The van der Waals surface area contributed by atoms with Gasteiger partial charge in [0.15, 0.2) is 0 Å². The van der Waals surface area contributed by atoms with Crippen LogP contribution in [0.25, 0.3) is 0 Å². The Kier molecular flexibility index (Phi) is 5.12. The van der Waals surface area contributed by atoms with E-state index < -0.39 is 36.1 Å². The zero-order chi connectivity index (χ0) is 18.8. The van der Waals surface area contributed by atoms with Gasteiger partial charge in [-0.15, -0.1) is 26.3 Å². The van der Waals surface area contributed by atoms with E-state index in [0.717, 1.165) is 42.5 Å². The van der Waals surface area contributed by atoms with Gasteiger partial charge in [0, 0.05) is 5.56 Å². The van der Waals surface area contributed by atoms with Crippen LogP contribution in [0.15, 0.2) is 42.5 Å². The lowest BCUT2D eigenvalue weighted by atomic mass is 9.99. The number of benzene rings is 2. The molecule has 0 bridgehead atoms. The molecule has 0 radical (unpaired) electrons. The lowest BCUT2D eigenvalue weighted by Gasteiger charge is -2.16. The molecule has 2 N–H and O–H groups in total. The van der Waals surface area contributed by atoms with Crippen LogP contribution in [0.5, 0.6) is 11.5 Å². The zero-order valence-corrected chi connectivity index (χ0v) is 12.2. The van der Waals surface area contributed by atoms with E-state index in [1.165, 1.54) is 0 Å². The van der Waals surface area contributed by atoms with E-state index in [0.29, 0.717) is 0 Å². The van der Waals surface area contributed by atoms with Crippen LogP contribution >= 0.6 is 0 Å². The van der Waals surface area contributed by atoms with E-state index in [1.807, 2.05) is 0 Å². The second kappa shape index (κ2) is 6.79. The molecule has 0 aliphatic heterocycles. The first-order chi connectivity index (χ1) is 11.4. The molecule has 136 valence electrons. The Labute approximate surface area is 136 Å². The molecule has 0 unspecified atom stereocenters. The molecule has 0 amide bonds. The van der Waals surface area contributed by atoms with E-state index in [1.54, 1.807) is 0 Å². The molecule has 0 heterocycles. The molecule has 1 atom stereocenters. The molecule has 0 saturated heterocycles. The summed E-state index contributed by atoms with van der Waals surface area (Å²) >= 11 is 0. The number of hydrogen-bond acceptors (Lipinski definition) is 3. The third-order valence-corrected chi connectivity index (χ3v) is 3.01. The smallest absolute Gasteiger partial charge is 0.406 e. The first kappa shape index (κ1) is 18.8. The van der Waals surface area contributed by atoms with Crippen LogP contribution in [-0.4, -0.2) is 12.7 Å². The quantitative estimate of drug-likeness (QED) is 0.797. The van der Waals surface area contributed by atoms with Crippen LogP contribution in [0.3, 0.4) is 0 Å². The van der Waals surface area contributed by atoms with E-state index in [-0.39, 0.29) is 11.1 Å². The molecule has 3 nitrogen and oxygen atoms in total. The van der Waals surface area contributed by atoms with Crippen molar-refractivity contribution in [2.75, 3.05) is 0 Å². The highest BCUT2D eigenvalue weighted by Crippen LogP contribution is 2.30. The fourth-order valence-corrected chi connectivity index (χ4v) is 2.01. The van der Waals surface area contributed by atoms with Crippen LogP contribution in [-0.2, 0) is 0 Å². The van der Waals surface area contributed by atoms with E-state index in [4.69, 9.17) is 5.73 Å². The lowest BCUT2D eigenvalue weighted by molar-refractivity contribution is -0.275. The fraction of sp³-hybridized carbons (Fsp3) is 0.200. The molecule has 2 rings (SSSR count). The monoisotopic (exact) mass is 369 g/mol. The fourth-order valence-electron chi connectivity index (χ4n) is 2.01. The van der Waals surface area contributed by atoms with Crippen molar-refractivity contribution < 1.29 is 40.2 Å². The first-order valence-electron chi connectivity index (χ1n) is 6.61. The molecule has 0 spiro atoms. The van der Waals surface area contributed by atoms with Gasteiger partial charge >= 0.3 is 12.7 Å². The van der Waals surface area contributed by atoms with Crippen LogP contribution in [0, 0.1) is 5.82 Å². The van der Waals surface area contributed by atoms with E-state index >= 15 is 0 Å². The molecule has 25 heavy (non-hydrogen) atoms. The Bertz CT molecular complexity index is 726. The third kappa shape index (κ3) is 5.52. The van der Waals surface area contributed by atoms with Gasteiger partial charge in [-0.3, -0.25) is 0 Å². The molecular formula is C15H10F7NO2. The average molecular weight is 369 g/mol. The predicted molar refractivity (Wildman–Crippen MR) is 72.2 cm³/mol. The minimum absolute atomic E-state index is 0.164. The average Bonchev–Trinajstić information content (AvgIpc) is 2.46. The second-order valence-electron chi connectivity index (χ2n) is 4.83. The summed E-state index contributed by atoms with van der Waals surface area (Å²) in [7, 11) is 0. The van der Waals surface area contributed by atoms with Gasteiger partial charge in [-0.25, -0.2) is 4.39 Å². The molecule has 10 heteroatoms. The van der Waals surface area contributed by atoms with Crippen molar-refractivity contribution in [2.45, 2.75) is 18.8 Å². The number of halogens is 7. The van der Waals surface area contributed by atoms with Gasteiger partial charge in [0.2, 0.25) is 0 Å². The normalized spacial score (nSPS) is 13.4. The van der Waals surface area contributed by atoms with Gasteiger partial charge in [0.1, 0.15) is 17.3 Å². The maximum Gasteiger partial charge on any atom is 0.573 e. The standard InChI is InChI=1S/C15H10F7NO2/c16-12-6-5-10(25-15(20,21)22)7-11(12)13(23)8-1-3-9(4-2-8)24-14(17,18)19/h1-7,13H,23H2/t13-/m1/s1. The van der Waals surface area contributed by atoms with Crippen molar-refractivity contribution in [1.82, 2.24) is 0 Å². The molecule has 0 aliphatic rings. The molecule has 0 fully saturated rings. The summed E-state index contributed by atoms with van der Waals surface area (Å²) in [5.41, 5.74) is 5.64. The Morgan fingerprint density at radius 3 is 1.76 bits per heavy atom. The van der Waals surface area contributed by atoms with E-state index in [2.05, 4.69) is 9.47 Å². The van der Waals surface area contributed by atoms with Crippen molar-refractivity contribution in [3.8, 4) is 11.5 Å². The first-order valence-corrected chi connectivity index (χ1v) is 6.61. The topological polar surface area (TPSA) is 44.5 Å². The number of ether oxygens (including phenoxy) is 2. The summed E-state index contributed by atoms with van der Waals surface area (Å²) in [6, 6.07) is 5.26. The number of alkyl halides is 6. The largest absolute Gasteiger partial charge is 0.573 e. The maximum atomic E-state index is 13.9. The van der Waals surface area contributed by atoms with Gasteiger partial charge in [0.05, 0.1) is 6.04 Å². The maximum absolute atomic E-state index is 13.9. The summed E-state index contributed by atoms with van der Waals surface area (Å²) < 4.78 is 94.2. The Morgan fingerprint density at radius 1 is 0.760 bits per heavy atom. The molecule has 0 aliphatic carbocycles. The highest BCUT2D eigenvalue weighted by atomic mass is 19.4. The van der Waals surface area contributed by atoms with Crippen LogP contribution < -0.4 is 15.2 Å². The number of nitrogens with two attached hydrogens (primary N) is 1.